The Morgan fingerprint density at radius 2 is 1.67 bits per heavy atom. The molecule has 4 aromatic rings. The van der Waals surface area contributed by atoms with Crippen LogP contribution in [0.4, 0.5) is 0 Å². The summed E-state index contributed by atoms with van der Waals surface area (Å²) in [6, 6.07) is 19.2. The largest absolute Gasteiger partial charge is 0.497 e. The fourth-order valence-corrected chi connectivity index (χ4v) is 2.88. The van der Waals surface area contributed by atoms with E-state index in [1.165, 1.54) is 0 Å². The Hall–Kier alpha value is -3.27. The van der Waals surface area contributed by atoms with Gasteiger partial charge in [-0.05, 0) is 23.8 Å². The van der Waals surface area contributed by atoms with Gasteiger partial charge in [0.15, 0.2) is 0 Å². The van der Waals surface area contributed by atoms with Crippen LogP contribution in [0.5, 0.6) is 5.75 Å². The van der Waals surface area contributed by atoms with E-state index < -0.39 is 0 Å². The fraction of sp³-hybridized carbons (Fsp3) is 0.0500. The highest BCUT2D eigenvalue weighted by Gasteiger charge is 2.19. The van der Waals surface area contributed by atoms with Gasteiger partial charge in [-0.25, -0.2) is 0 Å². The summed E-state index contributed by atoms with van der Waals surface area (Å²) < 4.78 is 11.2. The molecular weight excluding hydrogens is 302 g/mol. The number of aromatic nitrogens is 1. The third-order valence-electron chi connectivity index (χ3n) is 4.03. The van der Waals surface area contributed by atoms with E-state index in [2.05, 4.69) is 4.98 Å². The van der Waals surface area contributed by atoms with Crippen LogP contribution in [0, 0.1) is 0 Å². The first kappa shape index (κ1) is 14.3. The lowest BCUT2D eigenvalue weighted by Gasteiger charge is -2.05. The lowest BCUT2D eigenvalue weighted by molar-refractivity contribution is 0.415. The number of ether oxygens (including phenoxy) is 1. The highest BCUT2D eigenvalue weighted by Crippen LogP contribution is 2.39. The summed E-state index contributed by atoms with van der Waals surface area (Å²) in [5.74, 6) is 1.45. The molecule has 0 unspecified atom stereocenters. The minimum atomic E-state index is -0.163. The average Bonchev–Trinajstić information content (AvgIpc) is 3.03. The first-order valence-electron chi connectivity index (χ1n) is 7.62. The SMILES string of the molecule is COc1ccc(-c2c(-c3ccccc3)oc3cc[nH]c(=O)c23)cc1. The molecule has 0 saturated heterocycles. The van der Waals surface area contributed by atoms with Gasteiger partial charge in [0, 0.05) is 17.3 Å². The zero-order valence-corrected chi connectivity index (χ0v) is 13.1. The van der Waals surface area contributed by atoms with Gasteiger partial charge in [0.1, 0.15) is 17.1 Å². The zero-order valence-electron chi connectivity index (χ0n) is 13.1. The monoisotopic (exact) mass is 317 g/mol. The van der Waals surface area contributed by atoms with Gasteiger partial charge in [-0.15, -0.1) is 0 Å². The van der Waals surface area contributed by atoms with E-state index in [1.807, 2.05) is 54.6 Å². The molecule has 24 heavy (non-hydrogen) atoms. The second-order valence-electron chi connectivity index (χ2n) is 5.45. The predicted molar refractivity (Wildman–Crippen MR) is 94.3 cm³/mol. The highest BCUT2D eigenvalue weighted by atomic mass is 16.5. The van der Waals surface area contributed by atoms with E-state index in [-0.39, 0.29) is 5.56 Å². The van der Waals surface area contributed by atoms with Crippen LogP contribution in [0.1, 0.15) is 0 Å². The van der Waals surface area contributed by atoms with E-state index >= 15 is 0 Å². The summed E-state index contributed by atoms with van der Waals surface area (Å²) >= 11 is 0. The number of aromatic amines is 1. The molecule has 0 fully saturated rings. The Balaban J connectivity index is 2.05. The number of methoxy groups -OCH3 is 1. The first-order valence-corrected chi connectivity index (χ1v) is 7.62. The van der Waals surface area contributed by atoms with Gasteiger partial charge in [-0.1, -0.05) is 42.5 Å². The van der Waals surface area contributed by atoms with Crippen molar-refractivity contribution in [1.82, 2.24) is 4.98 Å². The van der Waals surface area contributed by atoms with Crippen molar-refractivity contribution < 1.29 is 9.15 Å². The number of rotatable bonds is 3. The number of fused-ring (bicyclic) bond motifs is 1. The summed E-state index contributed by atoms with van der Waals surface area (Å²) in [6.45, 7) is 0. The van der Waals surface area contributed by atoms with E-state index in [1.54, 1.807) is 19.4 Å². The van der Waals surface area contributed by atoms with Crippen LogP contribution in [0.3, 0.4) is 0 Å². The third kappa shape index (κ3) is 2.29. The van der Waals surface area contributed by atoms with Crippen molar-refractivity contribution in [2.45, 2.75) is 0 Å². The van der Waals surface area contributed by atoms with Gasteiger partial charge in [-0.2, -0.15) is 0 Å². The van der Waals surface area contributed by atoms with Crippen molar-refractivity contribution in [3.05, 3.63) is 77.2 Å². The van der Waals surface area contributed by atoms with Crippen molar-refractivity contribution in [3.8, 4) is 28.2 Å². The molecule has 4 heteroatoms. The van der Waals surface area contributed by atoms with Crippen LogP contribution >= 0.6 is 0 Å². The Kier molecular flexibility index (Phi) is 3.43. The molecule has 2 aromatic carbocycles. The second kappa shape index (κ2) is 5.74. The maximum Gasteiger partial charge on any atom is 0.259 e. The fourth-order valence-electron chi connectivity index (χ4n) is 2.88. The van der Waals surface area contributed by atoms with Crippen LogP contribution in [-0.4, -0.2) is 12.1 Å². The minimum Gasteiger partial charge on any atom is -0.497 e. The van der Waals surface area contributed by atoms with Crippen LogP contribution in [-0.2, 0) is 0 Å². The molecule has 1 N–H and O–H groups in total. The van der Waals surface area contributed by atoms with Gasteiger partial charge in [0.2, 0.25) is 0 Å². The Morgan fingerprint density at radius 3 is 2.38 bits per heavy atom. The summed E-state index contributed by atoms with van der Waals surface area (Å²) in [5, 5.41) is 0.557. The van der Waals surface area contributed by atoms with Crippen molar-refractivity contribution in [1.29, 1.82) is 0 Å². The molecule has 0 spiro atoms. The number of hydrogen-bond acceptors (Lipinski definition) is 3. The number of pyridine rings is 1. The second-order valence-corrected chi connectivity index (χ2v) is 5.45. The number of hydrogen-bond donors (Lipinski definition) is 1. The van der Waals surface area contributed by atoms with Crippen LogP contribution < -0.4 is 10.3 Å². The normalized spacial score (nSPS) is 10.9. The van der Waals surface area contributed by atoms with Gasteiger partial charge in [0.05, 0.1) is 12.5 Å². The van der Waals surface area contributed by atoms with E-state index in [4.69, 9.17) is 9.15 Å². The summed E-state index contributed by atoms with van der Waals surface area (Å²) in [7, 11) is 1.63. The van der Waals surface area contributed by atoms with Crippen molar-refractivity contribution >= 4 is 11.0 Å². The summed E-state index contributed by atoms with van der Waals surface area (Å²) in [4.78, 5) is 15.1. The quantitative estimate of drug-likeness (QED) is 0.607. The number of benzene rings is 2. The molecule has 0 radical (unpaired) electrons. The number of nitrogens with one attached hydrogen (secondary N) is 1. The Morgan fingerprint density at radius 1 is 0.917 bits per heavy atom. The van der Waals surface area contributed by atoms with E-state index in [9.17, 15) is 4.79 Å². The maximum atomic E-state index is 12.4. The molecule has 118 valence electrons. The highest BCUT2D eigenvalue weighted by molar-refractivity contribution is 6.01. The van der Waals surface area contributed by atoms with Crippen molar-refractivity contribution in [3.63, 3.8) is 0 Å². The molecule has 0 saturated carbocycles. The van der Waals surface area contributed by atoms with Crippen molar-refractivity contribution in [2.24, 2.45) is 0 Å². The Labute approximate surface area is 138 Å². The lowest BCUT2D eigenvalue weighted by Crippen LogP contribution is -2.04. The average molecular weight is 317 g/mol. The molecule has 4 rings (SSSR count). The zero-order chi connectivity index (χ0) is 16.5. The topological polar surface area (TPSA) is 55.2 Å². The predicted octanol–water partition coefficient (Wildman–Crippen LogP) is 4.46. The van der Waals surface area contributed by atoms with Crippen LogP contribution in [0.25, 0.3) is 33.4 Å². The van der Waals surface area contributed by atoms with E-state index in [0.717, 1.165) is 22.4 Å². The summed E-state index contributed by atoms with van der Waals surface area (Å²) in [5.41, 5.74) is 3.04. The van der Waals surface area contributed by atoms with Gasteiger partial charge in [0.25, 0.3) is 5.56 Å². The number of H-pyrrole nitrogens is 1. The molecule has 0 amide bonds. The third-order valence-corrected chi connectivity index (χ3v) is 4.03. The summed E-state index contributed by atoms with van der Waals surface area (Å²) in [6.07, 6.45) is 1.60. The molecule has 0 aliphatic carbocycles. The molecule has 0 atom stereocenters. The Bertz CT molecular complexity index is 1040. The van der Waals surface area contributed by atoms with E-state index in [0.29, 0.717) is 16.7 Å². The van der Waals surface area contributed by atoms with Gasteiger partial charge in [-0.3, -0.25) is 4.79 Å². The minimum absolute atomic E-state index is 0.163. The van der Waals surface area contributed by atoms with Crippen LogP contribution in [0.15, 0.2) is 76.1 Å². The lowest BCUT2D eigenvalue weighted by atomic mass is 9.99. The molecule has 2 aromatic heterocycles. The van der Waals surface area contributed by atoms with Crippen LogP contribution in [0.2, 0.25) is 0 Å². The van der Waals surface area contributed by atoms with Crippen molar-refractivity contribution in [2.75, 3.05) is 7.11 Å². The van der Waals surface area contributed by atoms with Gasteiger partial charge < -0.3 is 14.1 Å². The molecule has 0 bridgehead atoms. The standard InChI is InChI=1S/C20H15NO3/c1-23-15-9-7-13(8-10-15)17-18-16(11-12-21-20(18)22)24-19(17)14-5-3-2-4-6-14/h2-12H,1H3,(H,21,22). The molecule has 0 aliphatic heterocycles. The number of furan rings is 1. The first-order chi connectivity index (χ1) is 11.8. The molecule has 0 aliphatic rings. The molecular formula is C20H15NO3. The maximum absolute atomic E-state index is 12.4. The smallest absolute Gasteiger partial charge is 0.259 e. The molecule has 2 heterocycles. The molecule has 4 nitrogen and oxygen atoms in total. The van der Waals surface area contributed by atoms with Gasteiger partial charge >= 0.3 is 0 Å².